The van der Waals surface area contributed by atoms with Crippen LogP contribution in [0.2, 0.25) is 0 Å². The molecular weight excluding hydrogens is 546 g/mol. The molecule has 1 saturated heterocycles. The molecule has 0 radical (unpaired) electrons. The minimum Gasteiger partial charge on any atom is -0.497 e. The van der Waals surface area contributed by atoms with Gasteiger partial charge in [-0.2, -0.15) is 0 Å². The smallest absolute Gasteiger partial charge is 0.254 e. The molecule has 3 aromatic rings. The van der Waals surface area contributed by atoms with E-state index in [1.165, 1.54) is 37.7 Å². The molecule has 44 heavy (non-hydrogen) atoms. The fourth-order valence-corrected chi connectivity index (χ4v) is 7.01. The number of rotatable bonds is 14. The average Bonchev–Trinajstić information content (AvgIpc) is 3.54. The quantitative estimate of drug-likeness (QED) is 0.218. The Morgan fingerprint density at radius 2 is 1.55 bits per heavy atom. The Bertz CT molecular complexity index is 1290. The summed E-state index contributed by atoms with van der Waals surface area (Å²) in [6.07, 6.45) is 11.7. The summed E-state index contributed by atoms with van der Waals surface area (Å²) in [5, 5.41) is 3.21. The van der Waals surface area contributed by atoms with Crippen molar-refractivity contribution in [1.29, 1.82) is 0 Å². The third kappa shape index (κ3) is 8.95. The van der Waals surface area contributed by atoms with Gasteiger partial charge in [-0.3, -0.25) is 14.5 Å². The van der Waals surface area contributed by atoms with Crippen LogP contribution in [0.3, 0.4) is 0 Å². The number of nitrogens with one attached hydrogen (secondary N) is 1. The van der Waals surface area contributed by atoms with E-state index in [2.05, 4.69) is 27.2 Å². The van der Waals surface area contributed by atoms with Crippen LogP contribution in [-0.2, 0) is 6.42 Å². The molecule has 5 rings (SSSR count). The van der Waals surface area contributed by atoms with Crippen molar-refractivity contribution in [3.05, 3.63) is 102 Å². The first-order valence-corrected chi connectivity index (χ1v) is 16.7. The minimum atomic E-state index is -0.0811. The second-order valence-corrected chi connectivity index (χ2v) is 12.6. The van der Waals surface area contributed by atoms with E-state index in [0.717, 1.165) is 50.9 Å². The van der Waals surface area contributed by atoms with Crippen LogP contribution < -0.4 is 10.1 Å². The Morgan fingerprint density at radius 3 is 2.23 bits per heavy atom. The van der Waals surface area contributed by atoms with Crippen molar-refractivity contribution < 1.29 is 14.3 Å². The lowest BCUT2D eigenvalue weighted by Crippen LogP contribution is -2.52. The molecule has 1 aliphatic carbocycles. The summed E-state index contributed by atoms with van der Waals surface area (Å²) in [5.74, 6) is 1.57. The number of amides is 2. The van der Waals surface area contributed by atoms with Crippen molar-refractivity contribution in [2.45, 2.75) is 76.3 Å². The van der Waals surface area contributed by atoms with E-state index in [1.54, 1.807) is 7.11 Å². The van der Waals surface area contributed by atoms with Gasteiger partial charge in [-0.25, -0.2) is 0 Å². The molecule has 234 valence electrons. The molecule has 6 nitrogen and oxygen atoms in total. The number of benzene rings is 3. The van der Waals surface area contributed by atoms with E-state index < -0.39 is 0 Å². The van der Waals surface area contributed by atoms with Crippen LogP contribution >= 0.6 is 0 Å². The zero-order valence-electron chi connectivity index (χ0n) is 26.3. The first kappa shape index (κ1) is 31.8. The Labute approximate surface area is 263 Å². The maximum atomic E-state index is 14.3. The monoisotopic (exact) mass is 595 g/mol. The fraction of sp³-hybridized carbons (Fsp3) is 0.474. The fourth-order valence-electron chi connectivity index (χ4n) is 7.01. The lowest BCUT2D eigenvalue weighted by atomic mass is 9.85. The van der Waals surface area contributed by atoms with Crippen LogP contribution in [0.25, 0.3) is 0 Å². The van der Waals surface area contributed by atoms with Crippen LogP contribution in [0.1, 0.15) is 84.1 Å². The minimum absolute atomic E-state index is 0.0650. The van der Waals surface area contributed by atoms with Crippen LogP contribution in [0.5, 0.6) is 5.75 Å². The normalized spacial score (nSPS) is 18.1. The summed E-state index contributed by atoms with van der Waals surface area (Å²) in [7, 11) is 1.70. The molecule has 2 fully saturated rings. The Balaban J connectivity index is 1.33. The molecule has 1 heterocycles. The van der Waals surface area contributed by atoms with Crippen molar-refractivity contribution in [2.75, 3.05) is 33.3 Å². The molecular formula is C38H49N3O3. The van der Waals surface area contributed by atoms with Gasteiger partial charge >= 0.3 is 0 Å². The van der Waals surface area contributed by atoms with Crippen LogP contribution in [0, 0.1) is 5.92 Å². The van der Waals surface area contributed by atoms with Gasteiger partial charge in [-0.1, -0.05) is 80.6 Å². The van der Waals surface area contributed by atoms with Crippen LogP contribution in [0.4, 0.5) is 0 Å². The van der Waals surface area contributed by atoms with Crippen molar-refractivity contribution in [3.8, 4) is 5.75 Å². The van der Waals surface area contributed by atoms with E-state index >= 15 is 0 Å². The van der Waals surface area contributed by atoms with Crippen LogP contribution in [0.15, 0.2) is 84.9 Å². The Kier molecular flexibility index (Phi) is 11.9. The van der Waals surface area contributed by atoms with Crippen molar-refractivity contribution in [3.63, 3.8) is 0 Å². The van der Waals surface area contributed by atoms with E-state index in [4.69, 9.17) is 4.74 Å². The average molecular weight is 596 g/mol. The zero-order valence-corrected chi connectivity index (χ0v) is 26.3. The third-order valence-electron chi connectivity index (χ3n) is 9.64. The summed E-state index contributed by atoms with van der Waals surface area (Å²) < 4.78 is 5.33. The predicted octanol–water partition coefficient (Wildman–Crippen LogP) is 7.00. The van der Waals surface area contributed by atoms with Gasteiger partial charge in [0.2, 0.25) is 0 Å². The number of hydrogen-bond acceptors (Lipinski definition) is 4. The number of ether oxygens (including phenoxy) is 1. The maximum absolute atomic E-state index is 14.3. The van der Waals surface area contributed by atoms with Gasteiger partial charge in [0, 0.05) is 42.8 Å². The van der Waals surface area contributed by atoms with Gasteiger partial charge in [0.25, 0.3) is 11.8 Å². The highest BCUT2D eigenvalue weighted by molar-refractivity contribution is 5.95. The molecule has 2 aliphatic rings. The van der Waals surface area contributed by atoms with E-state index in [0.29, 0.717) is 36.2 Å². The number of nitrogens with zero attached hydrogens (tertiary/aromatic N) is 2. The number of carbonyl (C=O) groups excluding carboxylic acids is 2. The molecule has 0 unspecified atom stereocenters. The van der Waals surface area contributed by atoms with E-state index in [-0.39, 0.29) is 17.9 Å². The van der Waals surface area contributed by atoms with E-state index in [9.17, 15) is 9.59 Å². The lowest BCUT2D eigenvalue weighted by molar-refractivity contribution is 0.0578. The van der Waals surface area contributed by atoms with Crippen molar-refractivity contribution in [2.24, 2.45) is 5.92 Å². The summed E-state index contributed by atoms with van der Waals surface area (Å²) in [6.45, 7) is 3.14. The SMILES string of the molecule is COc1ccc(CCN2CCC[C@H]2CN(C(=O)c2ccccc2)[C@H](CCC2CCCCC2)CNC(=O)c2ccccc2)cc1. The Morgan fingerprint density at radius 1 is 0.864 bits per heavy atom. The Hall–Kier alpha value is -3.64. The second kappa shape index (κ2) is 16.4. The molecule has 6 heteroatoms. The van der Waals surface area contributed by atoms with Gasteiger partial charge in [-0.05, 0) is 86.5 Å². The van der Waals surface area contributed by atoms with Gasteiger partial charge in [-0.15, -0.1) is 0 Å². The highest BCUT2D eigenvalue weighted by Gasteiger charge is 2.33. The van der Waals surface area contributed by atoms with Gasteiger partial charge in [0.1, 0.15) is 5.75 Å². The molecule has 2 amide bonds. The predicted molar refractivity (Wildman–Crippen MR) is 177 cm³/mol. The summed E-state index contributed by atoms with van der Waals surface area (Å²) in [6, 6.07) is 27.6. The molecule has 2 atom stereocenters. The van der Waals surface area contributed by atoms with Gasteiger partial charge < -0.3 is 15.0 Å². The largest absolute Gasteiger partial charge is 0.497 e. The molecule has 1 saturated carbocycles. The number of likely N-dealkylation sites (tertiary alicyclic amines) is 1. The molecule has 0 spiro atoms. The van der Waals surface area contributed by atoms with Crippen molar-refractivity contribution >= 4 is 11.8 Å². The van der Waals surface area contributed by atoms with Crippen LogP contribution in [-0.4, -0.2) is 67.0 Å². The molecule has 1 aliphatic heterocycles. The van der Waals surface area contributed by atoms with Gasteiger partial charge in [0.15, 0.2) is 0 Å². The molecule has 1 N–H and O–H groups in total. The molecule has 0 bridgehead atoms. The first-order chi connectivity index (χ1) is 21.6. The topological polar surface area (TPSA) is 61.9 Å². The second-order valence-electron chi connectivity index (χ2n) is 12.6. The number of hydrogen-bond donors (Lipinski definition) is 1. The maximum Gasteiger partial charge on any atom is 0.254 e. The first-order valence-electron chi connectivity index (χ1n) is 16.7. The zero-order chi connectivity index (χ0) is 30.6. The molecule has 3 aromatic carbocycles. The van der Waals surface area contributed by atoms with E-state index in [1.807, 2.05) is 72.8 Å². The summed E-state index contributed by atoms with van der Waals surface area (Å²) in [5.41, 5.74) is 2.66. The standard InChI is InChI=1S/C38H49N3O3/c1-44-36-23-20-31(21-24-36)25-27-40-26-11-18-35(40)29-41(38(43)33-16-9-4-10-17-33)34(22-19-30-12-5-2-6-13-30)28-39-37(42)32-14-7-3-8-15-32/h3-4,7-10,14-17,20-21,23-24,30,34-35H,2,5-6,11-13,18-19,22,25-29H2,1H3,(H,39,42)/t34-,35+/m1/s1. The number of carbonyl (C=O) groups is 2. The van der Waals surface area contributed by atoms with Gasteiger partial charge in [0.05, 0.1) is 7.11 Å². The third-order valence-corrected chi connectivity index (χ3v) is 9.64. The van der Waals surface area contributed by atoms with Crippen molar-refractivity contribution in [1.82, 2.24) is 15.1 Å². The number of methoxy groups -OCH3 is 1. The molecule has 0 aromatic heterocycles. The highest BCUT2D eigenvalue weighted by atomic mass is 16.5. The summed E-state index contributed by atoms with van der Waals surface area (Å²) in [4.78, 5) is 32.1. The highest BCUT2D eigenvalue weighted by Crippen LogP contribution is 2.29. The lowest BCUT2D eigenvalue weighted by Gasteiger charge is -2.37. The summed E-state index contributed by atoms with van der Waals surface area (Å²) >= 11 is 0.